The number of carbonyl (C=O) groups excluding carboxylic acids is 2. The van der Waals surface area contributed by atoms with Crippen LogP contribution in [-0.4, -0.2) is 41.5 Å². The van der Waals surface area contributed by atoms with Crippen molar-refractivity contribution >= 4 is 34.8 Å². The van der Waals surface area contributed by atoms with Crippen molar-refractivity contribution in [3.63, 3.8) is 0 Å². The maximum Gasteiger partial charge on any atom is 0.419 e. The second kappa shape index (κ2) is 8.89. The molecule has 2 amide bonds. The van der Waals surface area contributed by atoms with Gasteiger partial charge in [0, 0.05) is 13.1 Å². The molecule has 0 saturated carbocycles. The zero-order chi connectivity index (χ0) is 23.8. The van der Waals surface area contributed by atoms with Crippen molar-refractivity contribution in [3.05, 3.63) is 63.8 Å². The Morgan fingerprint density at radius 3 is 2.61 bits per heavy atom. The van der Waals surface area contributed by atoms with Crippen LogP contribution in [-0.2, 0) is 15.8 Å². The molecular weight excluding hydrogens is 462 g/mol. The molecule has 1 N–H and O–H groups in total. The number of aliphatic imine (C=N–C) groups is 1. The number of amidine groups is 1. The van der Waals surface area contributed by atoms with Crippen molar-refractivity contribution in [1.82, 2.24) is 10.2 Å². The Hall–Kier alpha value is -3.34. The number of halogens is 4. The number of ether oxygens (including phenoxy) is 1. The lowest BCUT2D eigenvalue weighted by Crippen LogP contribution is -2.49. The largest absolute Gasteiger partial charge is 0.454 e. The first-order valence-corrected chi connectivity index (χ1v) is 10.6. The molecule has 172 valence electrons. The molecule has 0 radical (unpaired) electrons. The van der Waals surface area contributed by atoms with Gasteiger partial charge < -0.3 is 15.0 Å². The molecule has 2 aliphatic heterocycles. The fourth-order valence-electron chi connectivity index (χ4n) is 3.25. The highest BCUT2D eigenvalue weighted by atomic mass is 32.2. The molecule has 33 heavy (non-hydrogen) atoms. The Kier molecular flexibility index (Phi) is 6.15. The molecule has 11 heteroatoms. The van der Waals surface area contributed by atoms with Gasteiger partial charge in [-0.05, 0) is 54.6 Å². The van der Waals surface area contributed by atoms with Crippen LogP contribution < -0.4 is 10.1 Å². The van der Waals surface area contributed by atoms with Crippen molar-refractivity contribution in [2.75, 3.05) is 19.6 Å². The van der Waals surface area contributed by atoms with Crippen molar-refractivity contribution < 1.29 is 31.9 Å². The first-order chi connectivity index (χ1) is 15.6. The number of amides is 2. The maximum atomic E-state index is 14.6. The van der Waals surface area contributed by atoms with Crippen LogP contribution in [0.3, 0.4) is 0 Å². The van der Waals surface area contributed by atoms with E-state index < -0.39 is 29.2 Å². The molecule has 2 aliphatic rings. The molecule has 1 saturated heterocycles. The van der Waals surface area contributed by atoms with E-state index in [1.54, 1.807) is 4.90 Å². The predicted molar refractivity (Wildman–Crippen MR) is 115 cm³/mol. The van der Waals surface area contributed by atoms with E-state index in [9.17, 15) is 27.2 Å². The van der Waals surface area contributed by atoms with Gasteiger partial charge in [-0.15, -0.1) is 0 Å². The lowest BCUT2D eigenvalue weighted by Gasteiger charge is -2.27. The summed E-state index contributed by atoms with van der Waals surface area (Å²) < 4.78 is 59.7. The fourth-order valence-corrected chi connectivity index (χ4v) is 4.19. The summed E-state index contributed by atoms with van der Waals surface area (Å²) in [5, 5.41) is 3.07. The van der Waals surface area contributed by atoms with Crippen LogP contribution in [0.25, 0.3) is 6.08 Å². The molecule has 2 aromatic rings. The zero-order valence-electron chi connectivity index (χ0n) is 17.2. The molecule has 6 nitrogen and oxygen atoms in total. The molecule has 0 atom stereocenters. The molecule has 0 unspecified atom stereocenters. The van der Waals surface area contributed by atoms with E-state index >= 15 is 0 Å². The van der Waals surface area contributed by atoms with Crippen molar-refractivity contribution in [3.8, 4) is 11.5 Å². The summed E-state index contributed by atoms with van der Waals surface area (Å²) in [4.78, 5) is 29.7. The van der Waals surface area contributed by atoms with Gasteiger partial charge in [-0.1, -0.05) is 17.7 Å². The van der Waals surface area contributed by atoms with Gasteiger partial charge in [0.25, 0.3) is 5.91 Å². The number of benzene rings is 2. The standard InChI is InChI=1S/C22H17F4N3O3S/c1-12-2-4-16(14(8-12)22(24,25)26)32-17-5-3-13(9-15(17)23)10-18-20(31)28-21(33-18)29-7-6-27-19(30)11-29/h2-5,8-10H,6-7,11H2,1H3,(H,27,30)/b18-10-. The Morgan fingerprint density at radius 2 is 1.91 bits per heavy atom. The van der Waals surface area contributed by atoms with E-state index in [0.717, 1.165) is 30.0 Å². The van der Waals surface area contributed by atoms with Gasteiger partial charge in [0.15, 0.2) is 16.7 Å². The van der Waals surface area contributed by atoms with Gasteiger partial charge in [-0.3, -0.25) is 9.59 Å². The van der Waals surface area contributed by atoms with E-state index in [-0.39, 0.29) is 23.1 Å². The predicted octanol–water partition coefficient (Wildman–Crippen LogP) is 4.35. The minimum Gasteiger partial charge on any atom is -0.454 e. The van der Waals surface area contributed by atoms with Crippen molar-refractivity contribution in [2.45, 2.75) is 13.1 Å². The first kappa shape index (κ1) is 22.8. The topological polar surface area (TPSA) is 71.0 Å². The van der Waals surface area contributed by atoms with Crippen LogP contribution in [0.1, 0.15) is 16.7 Å². The summed E-state index contributed by atoms with van der Waals surface area (Å²) in [6, 6.07) is 7.19. The van der Waals surface area contributed by atoms with Crippen LogP contribution in [0, 0.1) is 12.7 Å². The Bertz CT molecular complexity index is 1190. The van der Waals surface area contributed by atoms with E-state index in [0.29, 0.717) is 29.4 Å². The summed E-state index contributed by atoms with van der Waals surface area (Å²) in [7, 11) is 0. The molecule has 0 aromatic heterocycles. The molecule has 0 bridgehead atoms. The number of nitrogens with one attached hydrogen (secondary N) is 1. The fraction of sp³-hybridized carbons (Fsp3) is 0.227. The number of hydrogen-bond donors (Lipinski definition) is 1. The van der Waals surface area contributed by atoms with Gasteiger partial charge >= 0.3 is 6.18 Å². The Balaban J connectivity index is 1.52. The lowest BCUT2D eigenvalue weighted by atomic mass is 10.1. The molecule has 2 heterocycles. The average Bonchev–Trinajstić information content (AvgIpc) is 3.11. The smallest absolute Gasteiger partial charge is 0.419 e. The van der Waals surface area contributed by atoms with Crippen molar-refractivity contribution in [2.24, 2.45) is 4.99 Å². The number of carbonyl (C=O) groups is 2. The third kappa shape index (κ3) is 5.19. The summed E-state index contributed by atoms with van der Waals surface area (Å²) >= 11 is 1.07. The minimum atomic E-state index is -4.66. The molecule has 1 fully saturated rings. The SMILES string of the molecule is Cc1ccc(Oc2ccc(/C=C3\SC(N4CCNC(=O)C4)=NC3=O)cc2F)c(C(F)(F)F)c1. The van der Waals surface area contributed by atoms with Crippen LogP contribution >= 0.6 is 11.8 Å². The number of thioether (sulfide) groups is 1. The second-order valence-corrected chi connectivity index (χ2v) is 8.38. The van der Waals surface area contributed by atoms with Crippen LogP contribution in [0.2, 0.25) is 0 Å². The molecule has 0 spiro atoms. The summed E-state index contributed by atoms with van der Waals surface area (Å²) in [6.45, 7) is 2.55. The van der Waals surface area contributed by atoms with Gasteiger partial charge in [-0.2, -0.15) is 18.2 Å². The zero-order valence-corrected chi connectivity index (χ0v) is 18.0. The van der Waals surface area contributed by atoms with Crippen LogP contribution in [0.4, 0.5) is 17.6 Å². The first-order valence-electron chi connectivity index (χ1n) is 9.79. The number of alkyl halides is 3. The van der Waals surface area contributed by atoms with Crippen LogP contribution in [0.5, 0.6) is 11.5 Å². The lowest BCUT2D eigenvalue weighted by molar-refractivity contribution is -0.138. The van der Waals surface area contributed by atoms with Crippen LogP contribution in [0.15, 0.2) is 46.3 Å². The summed E-state index contributed by atoms with van der Waals surface area (Å²) in [5.41, 5.74) is -0.303. The third-order valence-electron chi connectivity index (χ3n) is 4.83. The Morgan fingerprint density at radius 1 is 1.15 bits per heavy atom. The van der Waals surface area contributed by atoms with E-state index in [2.05, 4.69) is 10.3 Å². The van der Waals surface area contributed by atoms with Gasteiger partial charge in [0.2, 0.25) is 5.91 Å². The van der Waals surface area contributed by atoms with E-state index in [1.165, 1.54) is 31.2 Å². The highest BCUT2D eigenvalue weighted by Gasteiger charge is 2.35. The highest BCUT2D eigenvalue weighted by Crippen LogP contribution is 2.39. The maximum absolute atomic E-state index is 14.6. The molecule has 2 aromatic carbocycles. The monoisotopic (exact) mass is 479 g/mol. The minimum absolute atomic E-state index is 0.0893. The number of hydrogen-bond acceptors (Lipinski definition) is 5. The third-order valence-corrected chi connectivity index (χ3v) is 5.88. The second-order valence-electron chi connectivity index (χ2n) is 7.37. The van der Waals surface area contributed by atoms with E-state index in [4.69, 9.17) is 4.74 Å². The number of piperazine rings is 1. The molecular formula is C22H17F4N3O3S. The average molecular weight is 479 g/mol. The summed E-state index contributed by atoms with van der Waals surface area (Å²) in [6.07, 6.45) is -3.23. The number of rotatable bonds is 3. The van der Waals surface area contributed by atoms with Gasteiger partial charge in [0.05, 0.1) is 17.0 Å². The number of aryl methyl sites for hydroxylation is 1. The highest BCUT2D eigenvalue weighted by molar-refractivity contribution is 8.18. The van der Waals surface area contributed by atoms with Crippen molar-refractivity contribution in [1.29, 1.82) is 0 Å². The Labute approximate surface area is 190 Å². The normalized spacial score (nSPS) is 17.9. The summed E-state index contributed by atoms with van der Waals surface area (Å²) in [5.74, 6) is -2.47. The van der Waals surface area contributed by atoms with Gasteiger partial charge in [0.1, 0.15) is 5.75 Å². The molecule has 4 rings (SSSR count). The van der Waals surface area contributed by atoms with E-state index in [1.807, 2.05) is 0 Å². The quantitative estimate of drug-likeness (QED) is 0.524. The number of nitrogens with zero attached hydrogens (tertiary/aromatic N) is 2. The molecule has 0 aliphatic carbocycles. The van der Waals surface area contributed by atoms with Gasteiger partial charge in [-0.25, -0.2) is 4.39 Å².